The van der Waals surface area contributed by atoms with Crippen LogP contribution >= 0.6 is 39.1 Å². The number of benzene rings is 1. The molecule has 1 aromatic heterocycles. The summed E-state index contributed by atoms with van der Waals surface area (Å²) in [6, 6.07) is 5.45. The van der Waals surface area contributed by atoms with Crippen molar-refractivity contribution in [1.29, 1.82) is 0 Å². The Morgan fingerprint density at radius 2 is 1.75 bits per heavy atom. The van der Waals surface area contributed by atoms with Crippen LogP contribution in [0.1, 0.15) is 5.69 Å². The van der Waals surface area contributed by atoms with Crippen molar-refractivity contribution in [2.75, 3.05) is 0 Å². The van der Waals surface area contributed by atoms with Crippen molar-refractivity contribution in [2.45, 2.75) is 6.92 Å². The van der Waals surface area contributed by atoms with Gasteiger partial charge in [0.2, 0.25) is 0 Å². The maximum atomic E-state index is 5.98. The van der Waals surface area contributed by atoms with E-state index >= 15 is 0 Å². The predicted molar refractivity (Wildman–Crippen MR) is 71.1 cm³/mol. The van der Waals surface area contributed by atoms with Crippen molar-refractivity contribution in [3.8, 4) is 11.3 Å². The zero-order valence-corrected chi connectivity index (χ0v) is 11.9. The zero-order valence-electron chi connectivity index (χ0n) is 8.76. The molecular formula is C11H9BrCl2N2. The van der Waals surface area contributed by atoms with Crippen molar-refractivity contribution in [1.82, 2.24) is 9.78 Å². The molecule has 84 valence electrons. The van der Waals surface area contributed by atoms with E-state index in [2.05, 4.69) is 21.0 Å². The van der Waals surface area contributed by atoms with E-state index in [9.17, 15) is 0 Å². The van der Waals surface area contributed by atoms with Gasteiger partial charge in [0.25, 0.3) is 0 Å². The first-order valence-electron chi connectivity index (χ1n) is 4.64. The molecule has 0 aliphatic rings. The third kappa shape index (κ3) is 2.12. The number of rotatable bonds is 1. The Labute approximate surface area is 112 Å². The Hall–Kier alpha value is -0.510. The van der Waals surface area contributed by atoms with Crippen LogP contribution in [-0.2, 0) is 7.05 Å². The van der Waals surface area contributed by atoms with Crippen LogP contribution in [0, 0.1) is 6.92 Å². The molecule has 2 aromatic rings. The van der Waals surface area contributed by atoms with E-state index in [4.69, 9.17) is 23.2 Å². The lowest BCUT2D eigenvalue weighted by atomic mass is 10.1. The molecule has 0 bridgehead atoms. The second kappa shape index (κ2) is 4.40. The largest absolute Gasteiger partial charge is 0.266 e. The van der Waals surface area contributed by atoms with Gasteiger partial charge in [0.15, 0.2) is 0 Å². The SMILES string of the molecule is Cc1nn(C)c(-c2cc(Cl)cc(Cl)c2)c1Br. The van der Waals surface area contributed by atoms with Crippen LogP contribution in [0.4, 0.5) is 0 Å². The summed E-state index contributed by atoms with van der Waals surface area (Å²) < 4.78 is 2.77. The molecule has 0 amide bonds. The Kier molecular flexibility index (Phi) is 3.29. The maximum Gasteiger partial charge on any atom is 0.0825 e. The minimum absolute atomic E-state index is 0.619. The molecular weight excluding hydrogens is 311 g/mol. The van der Waals surface area contributed by atoms with E-state index in [0.29, 0.717) is 10.0 Å². The molecule has 2 rings (SSSR count). The van der Waals surface area contributed by atoms with Crippen LogP contribution in [0.2, 0.25) is 10.0 Å². The lowest BCUT2D eigenvalue weighted by Gasteiger charge is -2.04. The Morgan fingerprint density at radius 3 is 2.19 bits per heavy atom. The van der Waals surface area contributed by atoms with Gasteiger partial charge in [-0.2, -0.15) is 5.10 Å². The van der Waals surface area contributed by atoms with E-state index in [-0.39, 0.29) is 0 Å². The highest BCUT2D eigenvalue weighted by Gasteiger charge is 2.13. The fourth-order valence-electron chi connectivity index (χ4n) is 1.64. The van der Waals surface area contributed by atoms with Crippen LogP contribution in [0.3, 0.4) is 0 Å². The third-order valence-corrected chi connectivity index (χ3v) is 3.67. The quantitative estimate of drug-likeness (QED) is 0.758. The predicted octanol–water partition coefficient (Wildman–Crippen LogP) is 4.46. The van der Waals surface area contributed by atoms with Gasteiger partial charge in [-0.05, 0) is 41.1 Å². The molecule has 0 aliphatic carbocycles. The van der Waals surface area contributed by atoms with Crippen LogP contribution in [0.5, 0.6) is 0 Å². The summed E-state index contributed by atoms with van der Waals surface area (Å²) in [5.41, 5.74) is 2.86. The lowest BCUT2D eigenvalue weighted by molar-refractivity contribution is 0.764. The van der Waals surface area contributed by atoms with Gasteiger partial charge in [-0.3, -0.25) is 4.68 Å². The van der Waals surface area contributed by atoms with Gasteiger partial charge in [-0.15, -0.1) is 0 Å². The zero-order chi connectivity index (χ0) is 11.9. The lowest BCUT2D eigenvalue weighted by Crippen LogP contribution is -1.94. The van der Waals surface area contributed by atoms with Crippen molar-refractivity contribution in [3.63, 3.8) is 0 Å². The van der Waals surface area contributed by atoms with Gasteiger partial charge in [0.1, 0.15) is 0 Å². The molecule has 0 spiro atoms. The average molecular weight is 320 g/mol. The maximum absolute atomic E-state index is 5.98. The summed E-state index contributed by atoms with van der Waals surface area (Å²) in [4.78, 5) is 0. The van der Waals surface area contributed by atoms with Gasteiger partial charge >= 0.3 is 0 Å². The summed E-state index contributed by atoms with van der Waals surface area (Å²) >= 11 is 15.5. The Morgan fingerprint density at radius 1 is 1.19 bits per heavy atom. The molecule has 16 heavy (non-hydrogen) atoms. The first-order chi connectivity index (χ1) is 7.49. The molecule has 1 heterocycles. The molecule has 2 nitrogen and oxygen atoms in total. The van der Waals surface area contributed by atoms with E-state index in [1.54, 1.807) is 10.7 Å². The number of aryl methyl sites for hydroxylation is 2. The van der Waals surface area contributed by atoms with Gasteiger partial charge in [-0.1, -0.05) is 23.2 Å². The normalized spacial score (nSPS) is 10.8. The highest BCUT2D eigenvalue weighted by Crippen LogP contribution is 2.33. The van der Waals surface area contributed by atoms with Gasteiger partial charge in [-0.25, -0.2) is 0 Å². The Bertz CT molecular complexity index is 529. The third-order valence-electron chi connectivity index (χ3n) is 2.29. The first-order valence-corrected chi connectivity index (χ1v) is 6.19. The number of hydrogen-bond donors (Lipinski definition) is 0. The number of aromatic nitrogens is 2. The van der Waals surface area contributed by atoms with Crippen molar-refractivity contribution >= 4 is 39.1 Å². The van der Waals surface area contributed by atoms with E-state index in [0.717, 1.165) is 21.4 Å². The van der Waals surface area contributed by atoms with Crippen molar-refractivity contribution < 1.29 is 0 Å². The standard InChI is InChI=1S/C11H9BrCl2N2/c1-6-10(12)11(16(2)15-6)7-3-8(13)5-9(14)4-7/h3-5H,1-2H3. The average Bonchev–Trinajstić information content (AvgIpc) is 2.39. The van der Waals surface area contributed by atoms with Gasteiger partial charge in [0, 0.05) is 22.7 Å². The van der Waals surface area contributed by atoms with E-state index < -0.39 is 0 Å². The van der Waals surface area contributed by atoms with Crippen molar-refractivity contribution in [2.24, 2.45) is 7.05 Å². The summed E-state index contributed by atoms with van der Waals surface area (Å²) in [6.07, 6.45) is 0. The number of halogens is 3. The van der Waals surface area contributed by atoms with E-state index in [1.165, 1.54) is 0 Å². The molecule has 0 N–H and O–H groups in total. The molecule has 0 radical (unpaired) electrons. The molecule has 0 saturated carbocycles. The van der Waals surface area contributed by atoms with Gasteiger partial charge in [0.05, 0.1) is 15.9 Å². The number of hydrogen-bond acceptors (Lipinski definition) is 1. The van der Waals surface area contributed by atoms with Crippen LogP contribution in [0.25, 0.3) is 11.3 Å². The molecule has 0 saturated heterocycles. The fraction of sp³-hybridized carbons (Fsp3) is 0.182. The van der Waals surface area contributed by atoms with Crippen LogP contribution in [0.15, 0.2) is 22.7 Å². The fourth-order valence-corrected chi connectivity index (χ4v) is 2.73. The summed E-state index contributed by atoms with van der Waals surface area (Å²) in [5, 5.41) is 5.57. The first kappa shape index (κ1) is 12.0. The molecule has 0 fully saturated rings. The summed E-state index contributed by atoms with van der Waals surface area (Å²) in [7, 11) is 1.89. The smallest absolute Gasteiger partial charge is 0.0825 e. The second-order valence-electron chi connectivity index (χ2n) is 3.53. The van der Waals surface area contributed by atoms with Crippen molar-refractivity contribution in [3.05, 3.63) is 38.4 Å². The highest BCUT2D eigenvalue weighted by atomic mass is 79.9. The molecule has 0 unspecified atom stereocenters. The summed E-state index contributed by atoms with van der Waals surface area (Å²) in [6.45, 7) is 1.94. The number of nitrogens with zero attached hydrogens (tertiary/aromatic N) is 2. The molecule has 1 aromatic carbocycles. The molecule has 0 atom stereocenters. The van der Waals surface area contributed by atoms with Crippen LogP contribution < -0.4 is 0 Å². The van der Waals surface area contributed by atoms with E-state index in [1.807, 2.05) is 26.1 Å². The molecule has 5 heteroatoms. The second-order valence-corrected chi connectivity index (χ2v) is 5.20. The highest BCUT2D eigenvalue weighted by molar-refractivity contribution is 9.10. The molecule has 0 aliphatic heterocycles. The monoisotopic (exact) mass is 318 g/mol. The topological polar surface area (TPSA) is 17.8 Å². The van der Waals surface area contributed by atoms with Crippen LogP contribution in [-0.4, -0.2) is 9.78 Å². The van der Waals surface area contributed by atoms with Gasteiger partial charge < -0.3 is 0 Å². The summed E-state index contributed by atoms with van der Waals surface area (Å²) in [5.74, 6) is 0. The minimum atomic E-state index is 0.619. The Balaban J connectivity index is 2.67. The minimum Gasteiger partial charge on any atom is -0.266 e.